The molecule has 1 unspecified atom stereocenters. The number of benzene rings is 1. The van der Waals surface area contributed by atoms with Crippen molar-refractivity contribution in [2.24, 2.45) is 5.92 Å². The number of halogens is 1. The van der Waals surface area contributed by atoms with Crippen LogP contribution in [0, 0.1) is 5.92 Å². The molecule has 5 nitrogen and oxygen atoms in total. The fourth-order valence-corrected chi connectivity index (χ4v) is 3.02. The van der Waals surface area contributed by atoms with Gasteiger partial charge in [-0.05, 0) is 44.0 Å². The van der Waals surface area contributed by atoms with Gasteiger partial charge in [-0.3, -0.25) is 9.78 Å². The molecule has 6 heteroatoms. The molecule has 0 aliphatic heterocycles. The molecular formula is C21H25BrN2O3. The number of ketones is 1. The molecule has 0 aliphatic carbocycles. The van der Waals surface area contributed by atoms with Gasteiger partial charge >= 0.3 is 5.97 Å². The van der Waals surface area contributed by atoms with Gasteiger partial charge in [-0.1, -0.05) is 41.9 Å². The van der Waals surface area contributed by atoms with Crippen molar-refractivity contribution in [2.45, 2.75) is 45.8 Å². The van der Waals surface area contributed by atoms with E-state index in [1.807, 2.05) is 32.0 Å². The van der Waals surface area contributed by atoms with E-state index >= 15 is 0 Å². The minimum Gasteiger partial charge on any atom is -0.461 e. The van der Waals surface area contributed by atoms with Crippen LogP contribution in [0.1, 0.15) is 44.5 Å². The lowest BCUT2D eigenvalue weighted by Gasteiger charge is -2.37. The molecule has 0 radical (unpaired) electrons. The number of rotatable bonds is 8. The highest BCUT2D eigenvalue weighted by atomic mass is 79.9. The SMILES string of the molecule is CC(C)OC(=O)C(CC(=O)c1ccc(Br)cc1)(Nc1cccnc1)C(C)C. The number of aromatic nitrogens is 1. The zero-order valence-corrected chi connectivity index (χ0v) is 17.6. The van der Waals surface area contributed by atoms with Gasteiger partial charge in [0.2, 0.25) is 0 Å². The Hall–Kier alpha value is -2.21. The van der Waals surface area contributed by atoms with Crippen LogP contribution in [0.5, 0.6) is 0 Å². The van der Waals surface area contributed by atoms with Crippen LogP contribution in [-0.4, -0.2) is 28.4 Å². The Bertz CT molecular complexity index is 776. The topological polar surface area (TPSA) is 68.3 Å². The molecule has 0 saturated heterocycles. The van der Waals surface area contributed by atoms with Crippen LogP contribution in [0.3, 0.4) is 0 Å². The minimum absolute atomic E-state index is 0.0211. The summed E-state index contributed by atoms with van der Waals surface area (Å²) in [4.78, 5) is 30.1. The van der Waals surface area contributed by atoms with Gasteiger partial charge in [-0.2, -0.15) is 0 Å². The third-order valence-electron chi connectivity index (χ3n) is 4.33. The van der Waals surface area contributed by atoms with E-state index in [0.29, 0.717) is 11.3 Å². The first-order valence-corrected chi connectivity index (χ1v) is 9.72. The van der Waals surface area contributed by atoms with Crippen LogP contribution in [0.2, 0.25) is 0 Å². The molecule has 1 aromatic carbocycles. The quantitative estimate of drug-likeness (QED) is 0.475. The Morgan fingerprint density at radius 2 is 1.81 bits per heavy atom. The van der Waals surface area contributed by atoms with Crippen molar-refractivity contribution >= 4 is 33.4 Å². The van der Waals surface area contributed by atoms with Crippen molar-refractivity contribution in [3.8, 4) is 0 Å². The summed E-state index contributed by atoms with van der Waals surface area (Å²) in [6.07, 6.45) is 2.98. The second-order valence-electron chi connectivity index (χ2n) is 7.05. The van der Waals surface area contributed by atoms with E-state index in [1.165, 1.54) is 0 Å². The molecule has 1 aromatic heterocycles. The van der Waals surface area contributed by atoms with Crippen molar-refractivity contribution in [1.29, 1.82) is 0 Å². The fraction of sp³-hybridized carbons (Fsp3) is 0.381. The number of hydrogen-bond acceptors (Lipinski definition) is 5. The van der Waals surface area contributed by atoms with Gasteiger partial charge in [-0.15, -0.1) is 0 Å². The van der Waals surface area contributed by atoms with Crippen LogP contribution < -0.4 is 5.32 Å². The number of carbonyl (C=O) groups excluding carboxylic acids is 2. The van der Waals surface area contributed by atoms with Crippen LogP contribution >= 0.6 is 15.9 Å². The average Bonchev–Trinajstić information content (AvgIpc) is 2.61. The Morgan fingerprint density at radius 3 is 2.33 bits per heavy atom. The Balaban J connectivity index is 2.41. The fourth-order valence-electron chi connectivity index (χ4n) is 2.76. The number of esters is 1. The largest absolute Gasteiger partial charge is 0.461 e. The maximum atomic E-state index is 13.1. The monoisotopic (exact) mass is 432 g/mol. The van der Waals surface area contributed by atoms with E-state index in [9.17, 15) is 9.59 Å². The van der Waals surface area contributed by atoms with E-state index in [4.69, 9.17) is 4.74 Å². The predicted octanol–water partition coefficient (Wildman–Crippen LogP) is 4.88. The summed E-state index contributed by atoms with van der Waals surface area (Å²) in [5.41, 5.74) is 0.0151. The number of ether oxygens (including phenoxy) is 1. The second kappa shape index (κ2) is 9.13. The van der Waals surface area contributed by atoms with Crippen LogP contribution in [0.15, 0.2) is 53.3 Å². The molecule has 0 spiro atoms. The van der Waals surface area contributed by atoms with Crippen molar-refractivity contribution in [1.82, 2.24) is 4.98 Å². The molecule has 27 heavy (non-hydrogen) atoms. The molecule has 0 bridgehead atoms. The second-order valence-corrected chi connectivity index (χ2v) is 7.97. The first-order valence-electron chi connectivity index (χ1n) is 8.92. The normalized spacial score (nSPS) is 13.3. The summed E-state index contributed by atoms with van der Waals surface area (Å²) < 4.78 is 6.41. The van der Waals surface area contributed by atoms with Gasteiger partial charge in [0.25, 0.3) is 0 Å². The molecule has 144 valence electrons. The summed E-state index contributed by atoms with van der Waals surface area (Å²) in [5.74, 6) is -0.765. The lowest BCUT2D eigenvalue weighted by Crippen LogP contribution is -2.54. The van der Waals surface area contributed by atoms with Crippen molar-refractivity contribution < 1.29 is 14.3 Å². The van der Waals surface area contributed by atoms with Crippen LogP contribution in [0.25, 0.3) is 0 Å². The molecule has 0 amide bonds. The maximum absolute atomic E-state index is 13.1. The summed E-state index contributed by atoms with van der Waals surface area (Å²) in [6.45, 7) is 7.40. The molecule has 1 heterocycles. The minimum atomic E-state index is -1.20. The maximum Gasteiger partial charge on any atom is 0.332 e. The van der Waals surface area contributed by atoms with Gasteiger partial charge in [0.05, 0.1) is 11.8 Å². The lowest BCUT2D eigenvalue weighted by molar-refractivity contribution is -0.154. The van der Waals surface area contributed by atoms with E-state index in [1.54, 1.807) is 44.4 Å². The summed E-state index contributed by atoms with van der Waals surface area (Å²) in [6, 6.07) is 10.7. The van der Waals surface area contributed by atoms with E-state index in [-0.39, 0.29) is 24.2 Å². The molecule has 2 aromatic rings. The van der Waals surface area contributed by atoms with E-state index < -0.39 is 11.5 Å². The first-order chi connectivity index (χ1) is 12.7. The Morgan fingerprint density at radius 1 is 1.15 bits per heavy atom. The molecule has 2 rings (SSSR count). The molecule has 0 aliphatic rings. The number of nitrogens with one attached hydrogen (secondary N) is 1. The van der Waals surface area contributed by atoms with Crippen molar-refractivity contribution in [2.75, 3.05) is 5.32 Å². The zero-order chi connectivity index (χ0) is 20.0. The number of pyridine rings is 1. The van der Waals surface area contributed by atoms with Crippen LogP contribution in [-0.2, 0) is 9.53 Å². The van der Waals surface area contributed by atoms with Gasteiger partial charge in [0.1, 0.15) is 5.54 Å². The smallest absolute Gasteiger partial charge is 0.332 e. The predicted molar refractivity (Wildman–Crippen MR) is 110 cm³/mol. The highest BCUT2D eigenvalue weighted by Gasteiger charge is 2.45. The third-order valence-corrected chi connectivity index (χ3v) is 4.86. The highest BCUT2D eigenvalue weighted by molar-refractivity contribution is 9.10. The Kier molecular flexibility index (Phi) is 7.13. The molecule has 0 fully saturated rings. The van der Waals surface area contributed by atoms with Crippen molar-refractivity contribution in [3.63, 3.8) is 0 Å². The molecular weight excluding hydrogens is 408 g/mol. The van der Waals surface area contributed by atoms with E-state index in [0.717, 1.165) is 4.47 Å². The highest BCUT2D eigenvalue weighted by Crippen LogP contribution is 2.30. The molecule has 1 N–H and O–H groups in total. The summed E-state index contributed by atoms with van der Waals surface area (Å²) >= 11 is 3.37. The number of carbonyl (C=O) groups is 2. The summed E-state index contributed by atoms with van der Waals surface area (Å²) in [5, 5.41) is 3.24. The number of hydrogen-bond donors (Lipinski definition) is 1. The Labute approximate surface area is 168 Å². The number of anilines is 1. The van der Waals surface area contributed by atoms with Crippen LogP contribution in [0.4, 0.5) is 5.69 Å². The van der Waals surface area contributed by atoms with Gasteiger partial charge in [-0.25, -0.2) is 4.79 Å². The van der Waals surface area contributed by atoms with Gasteiger partial charge < -0.3 is 10.1 Å². The molecule has 1 atom stereocenters. The average molecular weight is 433 g/mol. The number of Topliss-reactive ketones (excluding diaryl/α,β-unsaturated/α-hetero) is 1. The molecule has 0 saturated carbocycles. The first kappa shape index (κ1) is 21.1. The lowest BCUT2D eigenvalue weighted by atomic mass is 9.80. The van der Waals surface area contributed by atoms with Crippen molar-refractivity contribution in [3.05, 3.63) is 58.8 Å². The standard InChI is InChI=1S/C21H25BrN2O3/c1-14(2)21(20(26)27-15(3)4,24-18-6-5-11-23-13-18)12-19(25)16-7-9-17(22)10-8-16/h5-11,13-15,24H,12H2,1-4H3. The third kappa shape index (κ3) is 5.39. The van der Waals surface area contributed by atoms with E-state index in [2.05, 4.69) is 26.2 Å². The van der Waals surface area contributed by atoms with Gasteiger partial charge in [0, 0.05) is 28.9 Å². The summed E-state index contributed by atoms with van der Waals surface area (Å²) in [7, 11) is 0. The number of nitrogens with zero attached hydrogens (tertiary/aromatic N) is 1. The zero-order valence-electron chi connectivity index (χ0n) is 16.0. The van der Waals surface area contributed by atoms with Gasteiger partial charge in [0.15, 0.2) is 5.78 Å².